The number of alkyl halides is 2. The Morgan fingerprint density at radius 3 is 2.76 bits per heavy atom. The first kappa shape index (κ1) is 13.8. The fraction of sp³-hybridized carbons (Fsp3) is 0.400. The predicted molar refractivity (Wildman–Crippen MR) is 54.5 cm³/mol. The molecule has 0 spiro atoms. The normalized spacial score (nSPS) is 10.7. The van der Waals surface area contributed by atoms with Crippen LogP contribution >= 0.6 is 11.6 Å². The standard InChI is InChI=1S/C10H9ClF3NO2/c1-2-17-7(16)3-5-8(11)6(12)4-15-9(5)10(13)14/h4,10H,2-3H2,1H3. The summed E-state index contributed by atoms with van der Waals surface area (Å²) < 4.78 is 42.8. The highest BCUT2D eigenvalue weighted by atomic mass is 35.5. The monoisotopic (exact) mass is 267 g/mol. The van der Waals surface area contributed by atoms with E-state index in [0.29, 0.717) is 6.20 Å². The van der Waals surface area contributed by atoms with E-state index < -0.39 is 35.3 Å². The molecule has 0 aromatic carbocycles. The lowest BCUT2D eigenvalue weighted by atomic mass is 10.1. The van der Waals surface area contributed by atoms with Gasteiger partial charge in [0.05, 0.1) is 24.2 Å². The molecule has 0 aliphatic rings. The van der Waals surface area contributed by atoms with Gasteiger partial charge in [0, 0.05) is 5.56 Å². The molecule has 0 atom stereocenters. The zero-order chi connectivity index (χ0) is 13.0. The highest BCUT2D eigenvalue weighted by Gasteiger charge is 2.22. The molecule has 1 rings (SSSR count). The van der Waals surface area contributed by atoms with E-state index in [-0.39, 0.29) is 12.2 Å². The van der Waals surface area contributed by atoms with Crippen molar-refractivity contribution < 1.29 is 22.7 Å². The Morgan fingerprint density at radius 1 is 1.59 bits per heavy atom. The van der Waals surface area contributed by atoms with Crippen LogP contribution in [0.15, 0.2) is 6.20 Å². The average molecular weight is 268 g/mol. The summed E-state index contributed by atoms with van der Waals surface area (Å²) in [5, 5.41) is -0.525. The molecule has 0 unspecified atom stereocenters. The topological polar surface area (TPSA) is 39.2 Å². The number of esters is 1. The number of hydrogen-bond acceptors (Lipinski definition) is 3. The Morgan fingerprint density at radius 2 is 2.24 bits per heavy atom. The van der Waals surface area contributed by atoms with E-state index in [1.54, 1.807) is 6.92 Å². The molecule has 0 amide bonds. The lowest BCUT2D eigenvalue weighted by Crippen LogP contribution is -2.11. The molecular formula is C10H9ClF3NO2. The van der Waals surface area contributed by atoms with Crippen LogP contribution in [0.5, 0.6) is 0 Å². The van der Waals surface area contributed by atoms with E-state index >= 15 is 0 Å². The Bertz CT molecular complexity index is 426. The summed E-state index contributed by atoms with van der Waals surface area (Å²) in [6, 6.07) is 0. The van der Waals surface area contributed by atoms with Gasteiger partial charge in [-0.15, -0.1) is 0 Å². The van der Waals surface area contributed by atoms with Crippen LogP contribution in [-0.4, -0.2) is 17.6 Å². The number of rotatable bonds is 4. The van der Waals surface area contributed by atoms with Crippen molar-refractivity contribution in [3.8, 4) is 0 Å². The highest BCUT2D eigenvalue weighted by molar-refractivity contribution is 6.31. The van der Waals surface area contributed by atoms with Gasteiger partial charge in [0.1, 0.15) is 5.69 Å². The zero-order valence-corrected chi connectivity index (χ0v) is 9.60. The van der Waals surface area contributed by atoms with E-state index in [1.807, 2.05) is 0 Å². The molecule has 0 radical (unpaired) electrons. The second-order valence-electron chi connectivity index (χ2n) is 3.07. The Hall–Kier alpha value is -1.30. The van der Waals surface area contributed by atoms with Gasteiger partial charge in [0.25, 0.3) is 6.43 Å². The van der Waals surface area contributed by atoms with Crippen LogP contribution in [0.4, 0.5) is 13.2 Å². The molecule has 1 aromatic heterocycles. The molecule has 1 heterocycles. The van der Waals surface area contributed by atoms with Crippen LogP contribution in [0.3, 0.4) is 0 Å². The van der Waals surface area contributed by atoms with E-state index in [4.69, 9.17) is 11.6 Å². The molecule has 0 saturated heterocycles. The molecule has 0 fully saturated rings. The molecule has 1 aromatic rings. The maximum atomic E-state index is 13.1. The van der Waals surface area contributed by atoms with E-state index in [2.05, 4.69) is 9.72 Å². The van der Waals surface area contributed by atoms with Gasteiger partial charge in [-0.05, 0) is 6.92 Å². The summed E-state index contributed by atoms with van der Waals surface area (Å²) in [7, 11) is 0. The Kier molecular flexibility index (Phi) is 4.74. The second kappa shape index (κ2) is 5.86. The first-order valence-corrected chi connectivity index (χ1v) is 5.11. The van der Waals surface area contributed by atoms with Gasteiger partial charge in [-0.3, -0.25) is 9.78 Å². The van der Waals surface area contributed by atoms with Crippen LogP contribution < -0.4 is 0 Å². The molecule has 94 valence electrons. The third-order valence-corrected chi connectivity index (χ3v) is 2.34. The van der Waals surface area contributed by atoms with Crippen molar-refractivity contribution in [2.45, 2.75) is 19.8 Å². The number of hydrogen-bond donors (Lipinski definition) is 0. The minimum Gasteiger partial charge on any atom is -0.466 e. The number of nitrogens with zero attached hydrogens (tertiary/aromatic N) is 1. The third-order valence-electron chi connectivity index (χ3n) is 1.93. The van der Waals surface area contributed by atoms with Gasteiger partial charge in [0.2, 0.25) is 0 Å². The summed E-state index contributed by atoms with van der Waals surface area (Å²) >= 11 is 5.53. The minimum absolute atomic E-state index is 0.100. The lowest BCUT2D eigenvalue weighted by Gasteiger charge is -2.09. The fourth-order valence-electron chi connectivity index (χ4n) is 1.23. The van der Waals surface area contributed by atoms with Crippen molar-refractivity contribution in [3.63, 3.8) is 0 Å². The highest BCUT2D eigenvalue weighted by Crippen LogP contribution is 2.28. The molecule has 3 nitrogen and oxygen atoms in total. The molecule has 0 bridgehead atoms. The molecule has 17 heavy (non-hydrogen) atoms. The third kappa shape index (κ3) is 3.33. The number of pyridine rings is 1. The first-order chi connectivity index (χ1) is 7.97. The van der Waals surface area contributed by atoms with Gasteiger partial charge in [-0.2, -0.15) is 0 Å². The number of carbonyl (C=O) groups excluding carboxylic acids is 1. The number of carbonyl (C=O) groups is 1. The average Bonchev–Trinajstić information content (AvgIpc) is 2.25. The van der Waals surface area contributed by atoms with Crippen LogP contribution in [0.1, 0.15) is 24.6 Å². The number of ether oxygens (including phenoxy) is 1. The zero-order valence-electron chi connectivity index (χ0n) is 8.84. The second-order valence-corrected chi connectivity index (χ2v) is 3.44. The van der Waals surface area contributed by atoms with Crippen molar-refractivity contribution in [2.75, 3.05) is 6.61 Å². The van der Waals surface area contributed by atoms with Gasteiger partial charge < -0.3 is 4.74 Å². The largest absolute Gasteiger partial charge is 0.466 e. The summed E-state index contributed by atoms with van der Waals surface area (Å²) in [4.78, 5) is 14.4. The van der Waals surface area contributed by atoms with Gasteiger partial charge in [0.15, 0.2) is 5.82 Å². The van der Waals surface area contributed by atoms with Crippen molar-refractivity contribution >= 4 is 17.6 Å². The summed E-state index contributed by atoms with van der Waals surface area (Å²) in [5.74, 6) is -1.71. The molecule has 0 N–H and O–H groups in total. The van der Waals surface area contributed by atoms with Crippen LogP contribution in [-0.2, 0) is 16.0 Å². The van der Waals surface area contributed by atoms with Gasteiger partial charge in [-0.1, -0.05) is 11.6 Å². The first-order valence-electron chi connectivity index (χ1n) is 4.73. The maximum absolute atomic E-state index is 13.1. The Labute approximate surface area is 101 Å². The molecular weight excluding hydrogens is 259 g/mol. The molecule has 0 saturated carbocycles. The lowest BCUT2D eigenvalue weighted by molar-refractivity contribution is -0.142. The van der Waals surface area contributed by atoms with Crippen molar-refractivity contribution in [3.05, 3.63) is 28.3 Å². The predicted octanol–water partition coefficient (Wildman–Crippen LogP) is 2.92. The van der Waals surface area contributed by atoms with Crippen LogP contribution in [0.2, 0.25) is 5.02 Å². The SMILES string of the molecule is CCOC(=O)Cc1c(C(F)F)ncc(F)c1Cl. The smallest absolute Gasteiger partial charge is 0.310 e. The maximum Gasteiger partial charge on any atom is 0.310 e. The fourth-order valence-corrected chi connectivity index (χ4v) is 1.44. The number of aromatic nitrogens is 1. The summed E-state index contributed by atoms with van der Waals surface area (Å²) in [6.07, 6.45) is -2.87. The van der Waals surface area contributed by atoms with E-state index in [9.17, 15) is 18.0 Å². The van der Waals surface area contributed by atoms with E-state index in [1.165, 1.54) is 0 Å². The number of halogens is 4. The van der Waals surface area contributed by atoms with Crippen LogP contribution in [0, 0.1) is 5.82 Å². The summed E-state index contributed by atoms with van der Waals surface area (Å²) in [6.45, 7) is 1.67. The summed E-state index contributed by atoms with van der Waals surface area (Å²) in [5.41, 5.74) is -1.04. The van der Waals surface area contributed by atoms with E-state index in [0.717, 1.165) is 0 Å². The minimum atomic E-state index is -2.93. The van der Waals surface area contributed by atoms with Gasteiger partial charge >= 0.3 is 5.97 Å². The van der Waals surface area contributed by atoms with Gasteiger partial charge in [-0.25, -0.2) is 13.2 Å². The van der Waals surface area contributed by atoms with Crippen molar-refractivity contribution in [1.29, 1.82) is 0 Å². The van der Waals surface area contributed by atoms with Crippen LogP contribution in [0.25, 0.3) is 0 Å². The molecule has 0 aliphatic heterocycles. The molecule has 0 aliphatic carbocycles. The van der Waals surface area contributed by atoms with Crippen molar-refractivity contribution in [1.82, 2.24) is 4.98 Å². The molecule has 7 heteroatoms. The van der Waals surface area contributed by atoms with Crippen molar-refractivity contribution in [2.24, 2.45) is 0 Å². The quantitative estimate of drug-likeness (QED) is 0.788. The Balaban J connectivity index is 3.10.